The fraction of sp³-hybridized carbons (Fsp3) is 0.300. The molecule has 1 aromatic carbocycles. The van der Waals surface area contributed by atoms with E-state index in [1.54, 1.807) is 12.1 Å². The molecule has 0 spiro atoms. The molecule has 0 aromatic heterocycles. The van der Waals surface area contributed by atoms with Gasteiger partial charge in [-0.2, -0.15) is 0 Å². The van der Waals surface area contributed by atoms with Gasteiger partial charge in [-0.1, -0.05) is 11.6 Å². The first-order chi connectivity index (χ1) is 6.69. The van der Waals surface area contributed by atoms with E-state index in [1.165, 1.54) is 0 Å². The molecule has 76 valence electrons. The van der Waals surface area contributed by atoms with Gasteiger partial charge in [-0.3, -0.25) is 15.1 Å². The summed E-state index contributed by atoms with van der Waals surface area (Å²) in [5.74, 6) is 0. The molecular weight excluding hydrogens is 180 g/mol. The Labute approximate surface area is 82.9 Å². The second-order valence-electron chi connectivity index (χ2n) is 3.09. The van der Waals surface area contributed by atoms with E-state index in [-0.39, 0.29) is 0 Å². The first-order valence-electron chi connectivity index (χ1n) is 4.41. The van der Waals surface area contributed by atoms with Gasteiger partial charge >= 0.3 is 0 Å². The number of nitrogens with zero attached hydrogens (tertiary/aromatic N) is 1. The molecule has 0 atom stereocenters. The lowest BCUT2D eigenvalue weighted by molar-refractivity contribution is 0.112. The highest BCUT2D eigenvalue weighted by Crippen LogP contribution is 2.18. The van der Waals surface area contributed by atoms with E-state index in [0.717, 1.165) is 16.9 Å². The van der Waals surface area contributed by atoms with Gasteiger partial charge in [-0.25, -0.2) is 0 Å². The lowest BCUT2D eigenvalue weighted by Crippen LogP contribution is -2.26. The minimum absolute atomic E-state index is 0.309. The van der Waals surface area contributed by atoms with E-state index < -0.39 is 0 Å². The molecule has 0 unspecified atom stereocenters. The molecule has 0 amide bonds. The fourth-order valence-electron chi connectivity index (χ4n) is 1.25. The van der Waals surface area contributed by atoms with Crippen molar-refractivity contribution in [3.05, 3.63) is 29.3 Å². The van der Waals surface area contributed by atoms with Crippen LogP contribution in [0.25, 0.3) is 0 Å². The summed E-state index contributed by atoms with van der Waals surface area (Å²) >= 11 is 0. The standard InChI is InChI=1S/C10H14N2O2/c1-8-2-3-10(9(6-8)7-13)12(14)5-4-11/h2-3,6-7,14H,4-5,11H2,1H3. The third-order valence-corrected chi connectivity index (χ3v) is 1.93. The third-order valence-electron chi connectivity index (χ3n) is 1.93. The number of benzene rings is 1. The molecule has 4 nitrogen and oxygen atoms in total. The second kappa shape index (κ2) is 4.74. The molecule has 0 aliphatic carbocycles. The summed E-state index contributed by atoms with van der Waals surface area (Å²) in [6.45, 7) is 2.54. The van der Waals surface area contributed by atoms with Gasteiger partial charge in [0.15, 0.2) is 6.29 Å². The summed E-state index contributed by atoms with van der Waals surface area (Å²) in [6.07, 6.45) is 0.724. The van der Waals surface area contributed by atoms with Gasteiger partial charge in [-0.15, -0.1) is 0 Å². The van der Waals surface area contributed by atoms with Gasteiger partial charge in [-0.05, 0) is 19.1 Å². The van der Waals surface area contributed by atoms with Gasteiger partial charge in [0.1, 0.15) is 0 Å². The van der Waals surface area contributed by atoms with Crippen LogP contribution in [-0.4, -0.2) is 24.6 Å². The average molecular weight is 194 g/mol. The van der Waals surface area contributed by atoms with Crippen LogP contribution in [0.5, 0.6) is 0 Å². The Bertz CT molecular complexity index is 326. The highest BCUT2D eigenvalue weighted by atomic mass is 16.5. The number of anilines is 1. The normalized spacial score (nSPS) is 9.93. The first kappa shape index (κ1) is 10.7. The van der Waals surface area contributed by atoms with Crippen molar-refractivity contribution >= 4 is 12.0 Å². The Morgan fingerprint density at radius 3 is 2.86 bits per heavy atom. The zero-order valence-electron chi connectivity index (χ0n) is 8.10. The van der Waals surface area contributed by atoms with Crippen LogP contribution < -0.4 is 10.8 Å². The lowest BCUT2D eigenvalue weighted by atomic mass is 10.1. The molecule has 1 aromatic rings. The maximum absolute atomic E-state index is 10.7. The van der Waals surface area contributed by atoms with E-state index in [4.69, 9.17) is 5.73 Å². The Kier molecular flexibility index (Phi) is 3.62. The topological polar surface area (TPSA) is 66.6 Å². The Morgan fingerprint density at radius 2 is 2.29 bits per heavy atom. The maximum atomic E-state index is 10.7. The summed E-state index contributed by atoms with van der Waals surface area (Å²) in [7, 11) is 0. The predicted octanol–water partition coefficient (Wildman–Crippen LogP) is 0.962. The number of nitrogens with two attached hydrogens (primary N) is 1. The largest absolute Gasteiger partial charge is 0.329 e. The molecule has 1 rings (SSSR count). The number of carbonyl (C=O) groups is 1. The third kappa shape index (κ3) is 2.31. The quantitative estimate of drug-likeness (QED) is 0.553. The van der Waals surface area contributed by atoms with E-state index in [0.29, 0.717) is 24.3 Å². The summed E-state index contributed by atoms with van der Waals surface area (Å²) < 4.78 is 0. The van der Waals surface area contributed by atoms with E-state index in [9.17, 15) is 10.0 Å². The molecule has 3 N–H and O–H groups in total. The number of hydrogen-bond donors (Lipinski definition) is 2. The Balaban J connectivity index is 3.01. The molecule has 0 saturated heterocycles. The van der Waals surface area contributed by atoms with Crippen LogP contribution in [0.2, 0.25) is 0 Å². The highest BCUT2D eigenvalue weighted by Gasteiger charge is 2.07. The van der Waals surface area contributed by atoms with Crippen molar-refractivity contribution in [1.29, 1.82) is 0 Å². The molecule has 0 aliphatic rings. The van der Waals surface area contributed by atoms with Gasteiger partial charge in [0.05, 0.1) is 12.2 Å². The smallest absolute Gasteiger partial charge is 0.152 e. The summed E-state index contributed by atoms with van der Waals surface area (Å²) in [4.78, 5) is 10.7. The van der Waals surface area contributed by atoms with E-state index >= 15 is 0 Å². The second-order valence-corrected chi connectivity index (χ2v) is 3.09. The van der Waals surface area contributed by atoms with Crippen molar-refractivity contribution in [3.63, 3.8) is 0 Å². The van der Waals surface area contributed by atoms with Crippen LogP contribution in [0, 0.1) is 6.92 Å². The molecule has 0 bridgehead atoms. The summed E-state index contributed by atoms with van der Waals surface area (Å²) in [5.41, 5.74) is 7.25. The van der Waals surface area contributed by atoms with Crippen LogP contribution in [0.4, 0.5) is 5.69 Å². The molecule has 0 heterocycles. The fourth-order valence-corrected chi connectivity index (χ4v) is 1.25. The van der Waals surface area contributed by atoms with Crippen LogP contribution in [-0.2, 0) is 0 Å². The van der Waals surface area contributed by atoms with Crippen LogP contribution in [0.1, 0.15) is 15.9 Å². The lowest BCUT2D eigenvalue weighted by Gasteiger charge is -2.17. The number of carbonyl (C=O) groups excluding carboxylic acids is 1. The number of aryl methyl sites for hydroxylation is 1. The first-order valence-corrected chi connectivity index (χ1v) is 4.41. The SMILES string of the molecule is Cc1ccc(N(O)CCN)c(C=O)c1. The van der Waals surface area contributed by atoms with Crippen LogP contribution >= 0.6 is 0 Å². The zero-order chi connectivity index (χ0) is 10.6. The highest BCUT2D eigenvalue weighted by molar-refractivity contribution is 5.84. The number of hydrogen-bond acceptors (Lipinski definition) is 4. The molecule has 0 radical (unpaired) electrons. The van der Waals surface area contributed by atoms with Crippen LogP contribution in [0.15, 0.2) is 18.2 Å². The zero-order valence-corrected chi connectivity index (χ0v) is 8.10. The summed E-state index contributed by atoms with van der Waals surface area (Å²) in [5, 5.41) is 10.5. The van der Waals surface area contributed by atoms with Gasteiger partial charge in [0, 0.05) is 12.1 Å². The van der Waals surface area contributed by atoms with Crippen LogP contribution in [0.3, 0.4) is 0 Å². The van der Waals surface area contributed by atoms with E-state index in [1.807, 2.05) is 13.0 Å². The van der Waals surface area contributed by atoms with Crippen molar-refractivity contribution in [2.24, 2.45) is 5.73 Å². The Hall–Kier alpha value is -1.39. The van der Waals surface area contributed by atoms with Gasteiger partial charge < -0.3 is 5.73 Å². The minimum atomic E-state index is 0.309. The van der Waals surface area contributed by atoms with Crippen molar-refractivity contribution in [1.82, 2.24) is 0 Å². The predicted molar refractivity (Wildman–Crippen MR) is 54.8 cm³/mol. The monoisotopic (exact) mass is 194 g/mol. The van der Waals surface area contributed by atoms with Crippen molar-refractivity contribution in [2.45, 2.75) is 6.92 Å². The van der Waals surface area contributed by atoms with Gasteiger partial charge in [0.2, 0.25) is 0 Å². The molecular formula is C10H14N2O2. The summed E-state index contributed by atoms with van der Waals surface area (Å²) in [6, 6.07) is 5.26. The van der Waals surface area contributed by atoms with E-state index in [2.05, 4.69) is 0 Å². The maximum Gasteiger partial charge on any atom is 0.152 e. The number of rotatable bonds is 4. The minimum Gasteiger partial charge on any atom is -0.329 e. The molecule has 4 heteroatoms. The molecule has 0 fully saturated rings. The average Bonchev–Trinajstić information content (AvgIpc) is 2.17. The van der Waals surface area contributed by atoms with Crippen molar-refractivity contribution in [2.75, 3.05) is 18.2 Å². The van der Waals surface area contributed by atoms with Gasteiger partial charge in [0.25, 0.3) is 0 Å². The number of hydroxylamine groups is 1. The molecule has 0 saturated carbocycles. The Morgan fingerprint density at radius 1 is 1.57 bits per heavy atom. The van der Waals surface area contributed by atoms with Crippen molar-refractivity contribution in [3.8, 4) is 0 Å². The number of aldehydes is 1. The molecule has 0 aliphatic heterocycles. The van der Waals surface area contributed by atoms with Crippen molar-refractivity contribution < 1.29 is 10.0 Å². The molecule has 14 heavy (non-hydrogen) atoms.